The van der Waals surface area contributed by atoms with Crippen LogP contribution >= 0.6 is 11.3 Å². The summed E-state index contributed by atoms with van der Waals surface area (Å²) < 4.78 is 0. The van der Waals surface area contributed by atoms with Gasteiger partial charge in [0.05, 0.1) is 11.1 Å². The second-order valence-electron chi connectivity index (χ2n) is 4.36. The van der Waals surface area contributed by atoms with Crippen LogP contribution in [0, 0.1) is 6.92 Å². The van der Waals surface area contributed by atoms with Crippen LogP contribution in [0.25, 0.3) is 10.2 Å². The van der Waals surface area contributed by atoms with Crippen molar-refractivity contribution in [1.29, 1.82) is 0 Å². The van der Waals surface area contributed by atoms with Crippen LogP contribution < -0.4 is 5.56 Å². The number of hydrogen-bond acceptors (Lipinski definition) is 5. The quantitative estimate of drug-likeness (QED) is 0.905. The molecule has 0 radical (unpaired) electrons. The molecule has 0 spiro atoms. The first-order chi connectivity index (χ1) is 8.69. The first-order valence-electron chi connectivity index (χ1n) is 5.88. The van der Waals surface area contributed by atoms with E-state index in [0.717, 1.165) is 22.5 Å². The SMILES string of the molecule is CCC1=NO[C@@H](c2nc3scc(C)c3c(=O)[nH]2)C1. The van der Waals surface area contributed by atoms with Crippen LogP contribution in [0.3, 0.4) is 0 Å². The standard InChI is InChI=1S/C12H13N3O2S/c1-3-7-4-8(17-15-7)10-13-11(16)9-6(2)5-18-12(9)14-10/h5,8H,3-4H2,1-2H3,(H,13,14,16)/t8-/m1/s1. The summed E-state index contributed by atoms with van der Waals surface area (Å²) >= 11 is 1.48. The van der Waals surface area contributed by atoms with E-state index in [1.54, 1.807) is 0 Å². The molecular weight excluding hydrogens is 250 g/mol. The molecule has 0 bridgehead atoms. The van der Waals surface area contributed by atoms with Crippen LogP contribution in [0.1, 0.15) is 37.3 Å². The molecule has 2 aromatic rings. The average molecular weight is 263 g/mol. The van der Waals surface area contributed by atoms with Crippen molar-refractivity contribution in [2.45, 2.75) is 32.8 Å². The fourth-order valence-corrected chi connectivity index (χ4v) is 2.97. The third-order valence-corrected chi connectivity index (χ3v) is 4.08. The maximum absolute atomic E-state index is 12.0. The third kappa shape index (κ3) is 1.73. The molecule has 2 aromatic heterocycles. The van der Waals surface area contributed by atoms with Crippen LogP contribution in [0.2, 0.25) is 0 Å². The van der Waals surface area contributed by atoms with E-state index in [0.29, 0.717) is 17.6 Å². The Morgan fingerprint density at radius 3 is 3.17 bits per heavy atom. The Balaban J connectivity index is 2.02. The normalized spacial score (nSPS) is 19.0. The topological polar surface area (TPSA) is 67.3 Å². The Bertz CT molecular complexity index is 686. The lowest BCUT2D eigenvalue weighted by molar-refractivity contribution is 0.0792. The minimum atomic E-state index is -0.251. The summed E-state index contributed by atoms with van der Waals surface area (Å²) in [6.45, 7) is 3.95. The summed E-state index contributed by atoms with van der Waals surface area (Å²) in [4.78, 5) is 25.4. The van der Waals surface area contributed by atoms with E-state index in [2.05, 4.69) is 15.1 Å². The van der Waals surface area contributed by atoms with Crippen molar-refractivity contribution in [3.05, 3.63) is 27.1 Å². The average Bonchev–Trinajstić information content (AvgIpc) is 2.96. The third-order valence-electron chi connectivity index (χ3n) is 3.09. The fourth-order valence-electron chi connectivity index (χ4n) is 2.04. The van der Waals surface area contributed by atoms with Crippen molar-refractivity contribution < 1.29 is 4.84 Å². The van der Waals surface area contributed by atoms with Gasteiger partial charge in [0.1, 0.15) is 4.83 Å². The predicted molar refractivity (Wildman–Crippen MR) is 71.1 cm³/mol. The van der Waals surface area contributed by atoms with Crippen molar-refractivity contribution in [3.63, 3.8) is 0 Å². The van der Waals surface area contributed by atoms with Gasteiger partial charge >= 0.3 is 0 Å². The highest BCUT2D eigenvalue weighted by Gasteiger charge is 2.25. The number of aromatic amines is 1. The lowest BCUT2D eigenvalue weighted by Crippen LogP contribution is -2.14. The second-order valence-corrected chi connectivity index (χ2v) is 5.22. The van der Waals surface area contributed by atoms with Crippen molar-refractivity contribution in [1.82, 2.24) is 9.97 Å². The van der Waals surface area contributed by atoms with Crippen LogP contribution in [-0.2, 0) is 4.84 Å². The van der Waals surface area contributed by atoms with Crippen LogP contribution in [-0.4, -0.2) is 15.7 Å². The minimum Gasteiger partial charge on any atom is -0.384 e. The zero-order valence-electron chi connectivity index (χ0n) is 10.2. The van der Waals surface area contributed by atoms with Gasteiger partial charge in [0.25, 0.3) is 5.56 Å². The summed E-state index contributed by atoms with van der Waals surface area (Å²) in [7, 11) is 0. The van der Waals surface area contributed by atoms with Gasteiger partial charge in [0.2, 0.25) is 0 Å². The Morgan fingerprint density at radius 2 is 2.44 bits per heavy atom. The number of nitrogens with one attached hydrogen (secondary N) is 1. The molecule has 0 amide bonds. The largest absolute Gasteiger partial charge is 0.384 e. The van der Waals surface area contributed by atoms with Gasteiger partial charge < -0.3 is 9.82 Å². The molecule has 3 heterocycles. The molecule has 18 heavy (non-hydrogen) atoms. The molecule has 1 aliphatic rings. The maximum atomic E-state index is 12.0. The number of hydrogen-bond donors (Lipinski definition) is 1. The lowest BCUT2D eigenvalue weighted by atomic mass is 10.1. The molecule has 0 aromatic carbocycles. The highest BCUT2D eigenvalue weighted by atomic mass is 32.1. The van der Waals surface area contributed by atoms with Gasteiger partial charge in [0, 0.05) is 6.42 Å². The van der Waals surface area contributed by atoms with Gasteiger partial charge in [-0.25, -0.2) is 4.98 Å². The van der Waals surface area contributed by atoms with Gasteiger partial charge in [-0.3, -0.25) is 4.79 Å². The first-order valence-corrected chi connectivity index (χ1v) is 6.76. The Morgan fingerprint density at radius 1 is 1.61 bits per heavy atom. The Labute approximate surface area is 108 Å². The molecule has 0 unspecified atom stereocenters. The fraction of sp³-hybridized carbons (Fsp3) is 0.417. The smallest absolute Gasteiger partial charge is 0.260 e. The molecule has 5 nitrogen and oxygen atoms in total. The molecule has 0 fully saturated rings. The van der Waals surface area contributed by atoms with E-state index in [1.165, 1.54) is 11.3 Å². The van der Waals surface area contributed by atoms with Gasteiger partial charge in [-0.05, 0) is 24.3 Å². The number of nitrogens with zero attached hydrogens (tertiary/aromatic N) is 2. The molecule has 3 rings (SSSR count). The van der Waals surface area contributed by atoms with Gasteiger partial charge in [-0.15, -0.1) is 11.3 Å². The molecule has 0 aliphatic carbocycles. The highest BCUT2D eigenvalue weighted by molar-refractivity contribution is 7.16. The van der Waals surface area contributed by atoms with Crippen LogP contribution in [0.15, 0.2) is 15.3 Å². The minimum absolute atomic E-state index is 0.0951. The zero-order valence-corrected chi connectivity index (χ0v) is 11.0. The molecule has 1 N–H and O–H groups in total. The number of fused-ring (bicyclic) bond motifs is 1. The van der Waals surface area contributed by atoms with Gasteiger partial charge in [-0.2, -0.15) is 0 Å². The number of aromatic nitrogens is 2. The summed E-state index contributed by atoms with van der Waals surface area (Å²) in [5, 5.41) is 6.61. The van der Waals surface area contributed by atoms with Crippen molar-refractivity contribution in [3.8, 4) is 0 Å². The number of thiophene rings is 1. The molecule has 1 aliphatic heterocycles. The molecule has 0 saturated carbocycles. The summed E-state index contributed by atoms with van der Waals surface area (Å²) in [6.07, 6.45) is 1.32. The molecule has 94 valence electrons. The Kier molecular flexibility index (Phi) is 2.66. The molecule has 1 atom stereocenters. The number of aryl methyl sites for hydroxylation is 1. The van der Waals surface area contributed by atoms with E-state index < -0.39 is 0 Å². The molecule has 6 heteroatoms. The monoisotopic (exact) mass is 263 g/mol. The Hall–Kier alpha value is -1.69. The number of H-pyrrole nitrogens is 1. The van der Waals surface area contributed by atoms with Crippen LogP contribution in [0.5, 0.6) is 0 Å². The van der Waals surface area contributed by atoms with Crippen molar-refractivity contribution >= 4 is 27.3 Å². The zero-order chi connectivity index (χ0) is 12.7. The van der Waals surface area contributed by atoms with Crippen LogP contribution in [0.4, 0.5) is 0 Å². The van der Waals surface area contributed by atoms with Gasteiger partial charge in [0.15, 0.2) is 11.9 Å². The summed E-state index contributed by atoms with van der Waals surface area (Å²) in [5.74, 6) is 0.571. The summed E-state index contributed by atoms with van der Waals surface area (Å²) in [6, 6.07) is 0. The number of rotatable bonds is 2. The summed E-state index contributed by atoms with van der Waals surface area (Å²) in [5.41, 5.74) is 1.88. The highest BCUT2D eigenvalue weighted by Crippen LogP contribution is 2.27. The first kappa shape index (κ1) is 11.4. The van der Waals surface area contributed by atoms with E-state index in [-0.39, 0.29) is 11.7 Å². The van der Waals surface area contributed by atoms with E-state index in [9.17, 15) is 4.79 Å². The van der Waals surface area contributed by atoms with Gasteiger partial charge in [-0.1, -0.05) is 12.1 Å². The number of oxime groups is 1. The van der Waals surface area contributed by atoms with E-state index >= 15 is 0 Å². The molecule has 0 saturated heterocycles. The lowest BCUT2D eigenvalue weighted by Gasteiger charge is -2.06. The van der Waals surface area contributed by atoms with Crippen molar-refractivity contribution in [2.24, 2.45) is 5.16 Å². The van der Waals surface area contributed by atoms with E-state index in [4.69, 9.17) is 4.84 Å². The van der Waals surface area contributed by atoms with E-state index in [1.807, 2.05) is 19.2 Å². The molecular formula is C12H13N3O2S. The second kappa shape index (κ2) is 4.20. The maximum Gasteiger partial charge on any atom is 0.260 e. The predicted octanol–water partition coefficient (Wildman–Crippen LogP) is 2.52. The van der Waals surface area contributed by atoms with Crippen molar-refractivity contribution in [2.75, 3.05) is 0 Å².